The van der Waals surface area contributed by atoms with Gasteiger partial charge in [0.25, 0.3) is 5.91 Å². The molecule has 0 aliphatic heterocycles. The van der Waals surface area contributed by atoms with Crippen molar-refractivity contribution in [2.45, 2.75) is 6.61 Å². The van der Waals surface area contributed by atoms with E-state index < -0.39 is 11.7 Å². The van der Waals surface area contributed by atoms with Crippen molar-refractivity contribution in [1.29, 1.82) is 0 Å². The molecule has 0 bridgehead atoms. The quantitative estimate of drug-likeness (QED) is 0.533. The Hall–Kier alpha value is -3.22. The van der Waals surface area contributed by atoms with Crippen LogP contribution in [0.2, 0.25) is 5.02 Å². The second-order valence-electron chi connectivity index (χ2n) is 6.22. The fourth-order valence-electron chi connectivity index (χ4n) is 2.91. The molecule has 2 N–H and O–H groups in total. The Morgan fingerprint density at radius 1 is 1.11 bits per heavy atom. The maximum absolute atomic E-state index is 14.0. The third-order valence-corrected chi connectivity index (χ3v) is 4.62. The molecule has 0 atom stereocenters. The van der Waals surface area contributed by atoms with Crippen molar-refractivity contribution < 1.29 is 14.3 Å². The predicted molar refractivity (Wildman–Crippen MR) is 106 cm³/mol. The van der Waals surface area contributed by atoms with E-state index >= 15 is 0 Å². The van der Waals surface area contributed by atoms with Crippen LogP contribution in [0.4, 0.5) is 10.1 Å². The molecule has 2 aromatic heterocycles. The van der Waals surface area contributed by atoms with E-state index in [-0.39, 0.29) is 23.0 Å². The zero-order valence-corrected chi connectivity index (χ0v) is 15.3. The van der Waals surface area contributed by atoms with Gasteiger partial charge in [0.1, 0.15) is 11.3 Å². The minimum absolute atomic E-state index is 0.00364. The van der Waals surface area contributed by atoms with Gasteiger partial charge in [0.05, 0.1) is 17.3 Å². The highest BCUT2D eigenvalue weighted by atomic mass is 35.5. The van der Waals surface area contributed by atoms with Crippen LogP contribution >= 0.6 is 11.6 Å². The number of nitrogens with one attached hydrogen (secondary N) is 1. The largest absolute Gasteiger partial charge is 0.392 e. The zero-order valence-electron chi connectivity index (χ0n) is 14.6. The lowest BCUT2D eigenvalue weighted by Crippen LogP contribution is -2.13. The molecule has 140 valence electrons. The lowest BCUT2D eigenvalue weighted by molar-refractivity contribution is 0.102. The van der Waals surface area contributed by atoms with Crippen molar-refractivity contribution in [1.82, 2.24) is 9.38 Å². The summed E-state index contributed by atoms with van der Waals surface area (Å²) in [7, 11) is 0. The van der Waals surface area contributed by atoms with Gasteiger partial charge in [-0.25, -0.2) is 9.37 Å². The average molecular weight is 396 g/mol. The van der Waals surface area contributed by atoms with Crippen LogP contribution in [-0.4, -0.2) is 20.4 Å². The number of aliphatic hydroxyl groups excluding tert-OH is 1. The molecule has 7 heteroatoms. The number of carbonyl (C=O) groups excluding carboxylic acids is 1. The first kappa shape index (κ1) is 18.2. The number of benzene rings is 2. The molecule has 0 aliphatic carbocycles. The Labute approximate surface area is 165 Å². The van der Waals surface area contributed by atoms with Crippen LogP contribution in [0.5, 0.6) is 0 Å². The molecular formula is C21H15ClFN3O2. The monoisotopic (exact) mass is 395 g/mol. The molecule has 0 saturated carbocycles. The van der Waals surface area contributed by atoms with Gasteiger partial charge < -0.3 is 14.8 Å². The van der Waals surface area contributed by atoms with Gasteiger partial charge in [-0.2, -0.15) is 0 Å². The molecule has 0 aliphatic rings. The Bertz CT molecular complexity index is 1190. The summed E-state index contributed by atoms with van der Waals surface area (Å²) in [6, 6.07) is 15.6. The molecule has 0 fully saturated rings. The highest BCUT2D eigenvalue weighted by molar-refractivity contribution is 6.31. The molecule has 1 amide bonds. The van der Waals surface area contributed by atoms with Gasteiger partial charge in [-0.3, -0.25) is 4.79 Å². The zero-order chi connectivity index (χ0) is 19.7. The van der Waals surface area contributed by atoms with E-state index in [0.717, 1.165) is 16.7 Å². The minimum atomic E-state index is -0.688. The number of nitrogens with zero attached hydrogens (tertiary/aromatic N) is 2. The predicted octanol–water partition coefficient (Wildman–Crippen LogP) is 4.54. The summed E-state index contributed by atoms with van der Waals surface area (Å²) < 4.78 is 15.7. The third-order valence-electron chi connectivity index (χ3n) is 4.33. The Kier molecular flexibility index (Phi) is 4.81. The molecule has 4 rings (SSSR count). The number of rotatable bonds is 4. The molecule has 0 radical (unpaired) electrons. The number of halogens is 2. The minimum Gasteiger partial charge on any atom is -0.392 e. The molecular weight excluding hydrogens is 381 g/mol. The molecule has 0 unspecified atom stereocenters. The SMILES string of the molecule is O=C(Nc1cccc(Cl)c1F)c1cn2cc(-c3cccc(CO)c3)ccc2n1. The molecule has 2 heterocycles. The number of aromatic nitrogens is 2. The van der Waals surface area contributed by atoms with Crippen LogP contribution < -0.4 is 5.32 Å². The van der Waals surface area contributed by atoms with Crippen molar-refractivity contribution in [3.05, 3.63) is 89.1 Å². The normalized spacial score (nSPS) is 11.0. The van der Waals surface area contributed by atoms with E-state index in [9.17, 15) is 14.3 Å². The van der Waals surface area contributed by atoms with Crippen LogP contribution in [-0.2, 0) is 6.61 Å². The Morgan fingerprint density at radius 3 is 2.75 bits per heavy atom. The van der Waals surface area contributed by atoms with Crippen LogP contribution in [0, 0.1) is 5.82 Å². The number of anilines is 1. The number of amides is 1. The van der Waals surface area contributed by atoms with E-state index in [2.05, 4.69) is 10.3 Å². The number of aliphatic hydroxyl groups is 1. The summed E-state index contributed by atoms with van der Waals surface area (Å²) in [5, 5.41) is 11.7. The van der Waals surface area contributed by atoms with Crippen molar-refractivity contribution in [3.63, 3.8) is 0 Å². The maximum atomic E-state index is 14.0. The van der Waals surface area contributed by atoms with E-state index in [1.807, 2.05) is 36.5 Å². The van der Waals surface area contributed by atoms with E-state index in [1.54, 1.807) is 22.7 Å². The highest BCUT2D eigenvalue weighted by Gasteiger charge is 2.15. The number of imidazole rings is 1. The Balaban J connectivity index is 1.64. The summed E-state index contributed by atoms with van der Waals surface area (Å²) in [4.78, 5) is 16.7. The number of hydrogen-bond donors (Lipinski definition) is 2. The van der Waals surface area contributed by atoms with Gasteiger partial charge in [0.2, 0.25) is 0 Å². The Morgan fingerprint density at radius 2 is 1.93 bits per heavy atom. The first-order valence-corrected chi connectivity index (χ1v) is 8.87. The summed E-state index contributed by atoms with van der Waals surface area (Å²) >= 11 is 5.74. The van der Waals surface area contributed by atoms with Crippen LogP contribution in [0.1, 0.15) is 16.1 Å². The van der Waals surface area contributed by atoms with Crippen molar-refractivity contribution in [3.8, 4) is 11.1 Å². The van der Waals surface area contributed by atoms with Gasteiger partial charge >= 0.3 is 0 Å². The average Bonchev–Trinajstić information content (AvgIpc) is 3.15. The lowest BCUT2D eigenvalue weighted by atomic mass is 10.1. The second-order valence-corrected chi connectivity index (χ2v) is 6.63. The highest BCUT2D eigenvalue weighted by Crippen LogP contribution is 2.24. The van der Waals surface area contributed by atoms with Crippen molar-refractivity contribution >= 4 is 28.8 Å². The van der Waals surface area contributed by atoms with Crippen LogP contribution in [0.15, 0.2) is 67.0 Å². The molecule has 4 aromatic rings. The van der Waals surface area contributed by atoms with Gasteiger partial charge in [-0.15, -0.1) is 0 Å². The first-order valence-electron chi connectivity index (χ1n) is 8.49. The van der Waals surface area contributed by atoms with Crippen molar-refractivity contribution in [2.75, 3.05) is 5.32 Å². The molecule has 2 aromatic carbocycles. The number of pyridine rings is 1. The fourth-order valence-corrected chi connectivity index (χ4v) is 3.08. The van der Waals surface area contributed by atoms with Crippen molar-refractivity contribution in [2.24, 2.45) is 0 Å². The second kappa shape index (κ2) is 7.42. The number of fused-ring (bicyclic) bond motifs is 1. The van der Waals surface area contributed by atoms with Gasteiger partial charge in [0.15, 0.2) is 5.82 Å². The summed E-state index contributed by atoms with van der Waals surface area (Å²) in [5.74, 6) is -1.22. The van der Waals surface area contributed by atoms with Crippen LogP contribution in [0.3, 0.4) is 0 Å². The standard InChI is InChI=1S/C21H15ClFN3O2/c22-16-5-2-6-17(20(16)23)25-21(28)18-11-26-10-15(7-8-19(26)24-18)14-4-1-3-13(9-14)12-27/h1-11,27H,12H2,(H,25,28). The molecule has 0 saturated heterocycles. The first-order chi connectivity index (χ1) is 13.5. The summed E-state index contributed by atoms with van der Waals surface area (Å²) in [5.41, 5.74) is 3.39. The van der Waals surface area contributed by atoms with Gasteiger partial charge in [0, 0.05) is 12.4 Å². The van der Waals surface area contributed by atoms with Crippen LogP contribution in [0.25, 0.3) is 16.8 Å². The van der Waals surface area contributed by atoms with E-state index in [4.69, 9.17) is 11.6 Å². The van der Waals surface area contributed by atoms with E-state index in [0.29, 0.717) is 5.65 Å². The molecule has 0 spiro atoms. The topological polar surface area (TPSA) is 66.6 Å². The van der Waals surface area contributed by atoms with Gasteiger partial charge in [-0.05, 0) is 47.0 Å². The summed E-state index contributed by atoms with van der Waals surface area (Å²) in [6.07, 6.45) is 3.42. The number of carbonyl (C=O) groups is 1. The smallest absolute Gasteiger partial charge is 0.275 e. The number of hydrogen-bond acceptors (Lipinski definition) is 3. The third kappa shape index (κ3) is 3.47. The lowest BCUT2D eigenvalue weighted by Gasteiger charge is -2.05. The fraction of sp³-hybridized carbons (Fsp3) is 0.0476. The molecule has 28 heavy (non-hydrogen) atoms. The van der Waals surface area contributed by atoms with Gasteiger partial charge in [-0.1, -0.05) is 35.9 Å². The molecule has 5 nitrogen and oxygen atoms in total. The van der Waals surface area contributed by atoms with E-state index in [1.165, 1.54) is 12.1 Å². The summed E-state index contributed by atoms with van der Waals surface area (Å²) in [6.45, 7) is -0.0362. The maximum Gasteiger partial charge on any atom is 0.275 e.